The van der Waals surface area contributed by atoms with Crippen LogP contribution in [-0.2, 0) is 17.8 Å². The lowest BCUT2D eigenvalue weighted by Gasteiger charge is -2.33. The van der Waals surface area contributed by atoms with Gasteiger partial charge in [0, 0.05) is 18.5 Å². The first-order valence-corrected chi connectivity index (χ1v) is 11.5. The molecular weight excluding hydrogens is 390 g/mol. The maximum atomic E-state index is 6.28. The summed E-state index contributed by atoms with van der Waals surface area (Å²) in [7, 11) is 0. The van der Waals surface area contributed by atoms with E-state index in [4.69, 9.17) is 14.1 Å². The maximum absolute atomic E-state index is 6.28. The number of pyridine rings is 1. The highest BCUT2D eigenvalue weighted by atomic mass is 16.5. The maximum Gasteiger partial charge on any atom is 0.229 e. The van der Waals surface area contributed by atoms with Gasteiger partial charge >= 0.3 is 0 Å². The molecule has 31 heavy (non-hydrogen) atoms. The molecule has 1 N–H and O–H groups in total. The summed E-state index contributed by atoms with van der Waals surface area (Å²) < 4.78 is 12.4. The number of rotatable bonds is 8. The third-order valence-corrected chi connectivity index (χ3v) is 6.25. The van der Waals surface area contributed by atoms with Gasteiger partial charge in [0.15, 0.2) is 11.4 Å². The molecule has 3 aromatic heterocycles. The number of hydrogen-bond acceptors (Lipinski definition) is 7. The molecular formula is C24H35N5O2. The van der Waals surface area contributed by atoms with Crippen molar-refractivity contribution in [2.45, 2.75) is 72.5 Å². The van der Waals surface area contributed by atoms with Crippen molar-refractivity contribution in [1.29, 1.82) is 0 Å². The molecule has 0 unspecified atom stereocenters. The summed E-state index contributed by atoms with van der Waals surface area (Å²) in [5, 5.41) is 4.48. The Morgan fingerprint density at radius 3 is 2.65 bits per heavy atom. The number of furan rings is 1. The minimum absolute atomic E-state index is 0.225. The number of hydrogen-bond donors (Lipinski definition) is 1. The van der Waals surface area contributed by atoms with Crippen LogP contribution in [0.4, 0.5) is 5.82 Å². The van der Waals surface area contributed by atoms with Crippen molar-refractivity contribution >= 4 is 28.0 Å². The third-order valence-electron chi connectivity index (χ3n) is 6.25. The number of fused-ring (bicyclic) bond motifs is 5. The fourth-order valence-electron chi connectivity index (χ4n) is 4.48. The highest BCUT2D eigenvalue weighted by Gasteiger charge is 2.32. The van der Waals surface area contributed by atoms with E-state index < -0.39 is 0 Å². The monoisotopic (exact) mass is 425 g/mol. The second kappa shape index (κ2) is 8.71. The van der Waals surface area contributed by atoms with E-state index in [0.717, 1.165) is 61.4 Å². The van der Waals surface area contributed by atoms with Gasteiger partial charge in [-0.25, -0.2) is 15.0 Å². The first-order valence-electron chi connectivity index (χ1n) is 11.5. The molecule has 168 valence electrons. The van der Waals surface area contributed by atoms with Crippen molar-refractivity contribution in [2.75, 3.05) is 31.5 Å². The quantitative estimate of drug-likeness (QED) is 0.515. The van der Waals surface area contributed by atoms with Gasteiger partial charge in [0.1, 0.15) is 11.8 Å². The Kier molecular flexibility index (Phi) is 6.17. The van der Waals surface area contributed by atoms with E-state index in [-0.39, 0.29) is 5.60 Å². The summed E-state index contributed by atoms with van der Waals surface area (Å²) >= 11 is 0. The van der Waals surface area contributed by atoms with Crippen molar-refractivity contribution in [3.8, 4) is 0 Å². The van der Waals surface area contributed by atoms with E-state index in [1.54, 1.807) is 6.33 Å². The largest absolute Gasteiger partial charge is 0.432 e. The van der Waals surface area contributed by atoms with Crippen LogP contribution in [0.5, 0.6) is 0 Å². The molecule has 3 aromatic rings. The lowest BCUT2D eigenvalue weighted by Crippen LogP contribution is -2.33. The number of nitrogens with one attached hydrogen (secondary N) is 1. The SMILES string of the molecule is CCN(CC)CCCNc1ncnc2c1oc1nc(C(C)C)c3c(c12)CC(C)(C)OC3. The topological polar surface area (TPSA) is 76.3 Å². The molecule has 0 fully saturated rings. The standard InChI is InChI=1S/C24H35N5O2/c1-7-29(8-2)11-9-10-25-22-21-20(26-14-27-22)18-16-12-24(5,6)30-13-17(16)19(15(3)4)28-23(18)31-21/h14-15H,7-13H2,1-6H3,(H,25,26,27). The van der Waals surface area contributed by atoms with Crippen LogP contribution >= 0.6 is 0 Å². The van der Waals surface area contributed by atoms with Gasteiger partial charge in [0.2, 0.25) is 5.71 Å². The van der Waals surface area contributed by atoms with Crippen LogP contribution in [0.1, 0.15) is 70.7 Å². The highest BCUT2D eigenvalue weighted by molar-refractivity contribution is 6.06. The van der Waals surface area contributed by atoms with Gasteiger partial charge in [-0.15, -0.1) is 0 Å². The van der Waals surface area contributed by atoms with E-state index >= 15 is 0 Å². The lowest BCUT2D eigenvalue weighted by atomic mass is 9.87. The Balaban J connectivity index is 1.73. The zero-order chi connectivity index (χ0) is 22.2. The predicted octanol–water partition coefficient (Wildman–Crippen LogP) is 4.89. The van der Waals surface area contributed by atoms with Gasteiger partial charge in [0.25, 0.3) is 0 Å². The second-order valence-electron chi connectivity index (χ2n) is 9.32. The zero-order valence-electron chi connectivity index (χ0n) is 19.7. The van der Waals surface area contributed by atoms with E-state index in [0.29, 0.717) is 23.8 Å². The molecule has 0 aromatic carbocycles. The van der Waals surface area contributed by atoms with Gasteiger partial charge in [0.05, 0.1) is 23.3 Å². The summed E-state index contributed by atoms with van der Waals surface area (Å²) in [5.41, 5.74) is 5.47. The average Bonchev–Trinajstić information content (AvgIpc) is 3.12. The third kappa shape index (κ3) is 4.26. The highest BCUT2D eigenvalue weighted by Crippen LogP contribution is 2.40. The van der Waals surface area contributed by atoms with Crippen LogP contribution in [0.3, 0.4) is 0 Å². The van der Waals surface area contributed by atoms with Gasteiger partial charge < -0.3 is 19.4 Å². The minimum Gasteiger partial charge on any atom is -0.432 e. The fourth-order valence-corrected chi connectivity index (χ4v) is 4.48. The molecule has 0 atom stereocenters. The smallest absolute Gasteiger partial charge is 0.229 e. The molecule has 0 saturated heterocycles. The molecule has 1 aliphatic heterocycles. The summed E-state index contributed by atoms with van der Waals surface area (Å²) in [6, 6.07) is 0. The normalized spacial score (nSPS) is 15.9. The molecule has 0 aliphatic carbocycles. The van der Waals surface area contributed by atoms with Crippen molar-refractivity contribution in [2.24, 2.45) is 0 Å². The molecule has 1 aliphatic rings. The van der Waals surface area contributed by atoms with E-state index in [1.165, 1.54) is 11.1 Å². The Labute approximate surface area is 184 Å². The summed E-state index contributed by atoms with van der Waals surface area (Å²) in [4.78, 5) is 16.4. The van der Waals surface area contributed by atoms with E-state index in [2.05, 4.69) is 61.7 Å². The minimum atomic E-state index is -0.225. The Morgan fingerprint density at radius 2 is 1.94 bits per heavy atom. The second-order valence-corrected chi connectivity index (χ2v) is 9.32. The van der Waals surface area contributed by atoms with Crippen LogP contribution in [0.15, 0.2) is 10.7 Å². The molecule has 4 rings (SSSR count). The molecule has 0 radical (unpaired) electrons. The van der Waals surface area contributed by atoms with Crippen LogP contribution in [-0.4, -0.2) is 51.6 Å². The van der Waals surface area contributed by atoms with Gasteiger partial charge in [-0.2, -0.15) is 0 Å². The van der Waals surface area contributed by atoms with E-state index in [9.17, 15) is 0 Å². The number of anilines is 1. The summed E-state index contributed by atoms with van der Waals surface area (Å²) in [6.45, 7) is 17.6. The van der Waals surface area contributed by atoms with Crippen molar-refractivity contribution in [3.05, 3.63) is 23.1 Å². The summed E-state index contributed by atoms with van der Waals surface area (Å²) in [5.74, 6) is 1.04. The van der Waals surface area contributed by atoms with Crippen LogP contribution in [0, 0.1) is 0 Å². The van der Waals surface area contributed by atoms with Gasteiger partial charge in [-0.3, -0.25) is 0 Å². The van der Waals surface area contributed by atoms with E-state index in [1.807, 2.05) is 0 Å². The Hall–Kier alpha value is -2.25. The first-order chi connectivity index (χ1) is 14.8. The van der Waals surface area contributed by atoms with Crippen LogP contribution < -0.4 is 5.32 Å². The fraction of sp³-hybridized carbons (Fsp3) is 0.625. The van der Waals surface area contributed by atoms with Crippen molar-refractivity contribution < 1.29 is 9.15 Å². The zero-order valence-corrected chi connectivity index (χ0v) is 19.7. The van der Waals surface area contributed by atoms with Crippen molar-refractivity contribution in [3.63, 3.8) is 0 Å². The molecule has 4 heterocycles. The molecule has 7 nitrogen and oxygen atoms in total. The molecule has 7 heteroatoms. The molecule has 0 saturated carbocycles. The first kappa shape index (κ1) is 22.0. The average molecular weight is 426 g/mol. The van der Waals surface area contributed by atoms with Crippen LogP contribution in [0.25, 0.3) is 22.2 Å². The molecule has 0 amide bonds. The number of ether oxygens (including phenoxy) is 1. The van der Waals surface area contributed by atoms with Crippen LogP contribution in [0.2, 0.25) is 0 Å². The predicted molar refractivity (Wildman–Crippen MR) is 125 cm³/mol. The molecule has 0 bridgehead atoms. The number of aromatic nitrogens is 3. The molecule has 0 spiro atoms. The van der Waals surface area contributed by atoms with Gasteiger partial charge in [-0.1, -0.05) is 27.7 Å². The van der Waals surface area contributed by atoms with Gasteiger partial charge in [-0.05, 0) is 51.4 Å². The summed E-state index contributed by atoms with van der Waals surface area (Å²) in [6.07, 6.45) is 3.48. The van der Waals surface area contributed by atoms with Crippen molar-refractivity contribution in [1.82, 2.24) is 19.9 Å². The lowest BCUT2D eigenvalue weighted by molar-refractivity contribution is -0.0402. The Bertz CT molecular complexity index is 1070. The number of nitrogens with zero attached hydrogens (tertiary/aromatic N) is 4. The Morgan fingerprint density at radius 1 is 1.16 bits per heavy atom.